The molecule has 0 spiro atoms. The van der Waals surface area contributed by atoms with Gasteiger partial charge in [0.25, 0.3) is 5.91 Å². The fourth-order valence-corrected chi connectivity index (χ4v) is 2.36. The number of amides is 1. The first-order chi connectivity index (χ1) is 8.70. The largest absolute Gasteiger partial charge is 0.472 e. The second-order valence-corrected chi connectivity index (χ2v) is 4.57. The van der Waals surface area contributed by atoms with Crippen LogP contribution in [0.15, 0.2) is 23.0 Å². The Bertz CT molecular complexity index is 413. The summed E-state index contributed by atoms with van der Waals surface area (Å²) in [6.45, 7) is 0. The summed E-state index contributed by atoms with van der Waals surface area (Å²) in [5.41, 5.74) is 0.509. The van der Waals surface area contributed by atoms with Gasteiger partial charge in [-0.05, 0) is 25.3 Å². The summed E-state index contributed by atoms with van der Waals surface area (Å²) >= 11 is 0. The molecule has 1 fully saturated rings. The van der Waals surface area contributed by atoms with Gasteiger partial charge in [0.05, 0.1) is 24.9 Å². The van der Waals surface area contributed by atoms with Crippen molar-refractivity contribution in [1.29, 1.82) is 0 Å². The average Bonchev–Trinajstić information content (AvgIpc) is 2.92. The molecular weight excluding hydrogens is 234 g/mol. The third-order valence-electron chi connectivity index (χ3n) is 3.33. The van der Waals surface area contributed by atoms with Crippen LogP contribution in [-0.4, -0.2) is 25.0 Å². The van der Waals surface area contributed by atoms with E-state index in [9.17, 15) is 9.59 Å². The summed E-state index contributed by atoms with van der Waals surface area (Å²) in [7, 11) is 1.40. The van der Waals surface area contributed by atoms with Gasteiger partial charge in [0.1, 0.15) is 6.26 Å². The summed E-state index contributed by atoms with van der Waals surface area (Å²) < 4.78 is 9.62. The standard InChI is InChI=1S/C13H17NO4/c1-17-13(16)9-3-2-4-11(7-9)14-12(15)10-5-6-18-8-10/h5-6,8-9,11H,2-4,7H2,1H3,(H,14,15)/t9-,11+/m1/s1. The number of methoxy groups -OCH3 is 1. The lowest BCUT2D eigenvalue weighted by atomic mass is 9.85. The quantitative estimate of drug-likeness (QED) is 0.831. The lowest BCUT2D eigenvalue weighted by molar-refractivity contribution is -0.146. The maximum atomic E-state index is 11.8. The van der Waals surface area contributed by atoms with Crippen LogP contribution in [0.4, 0.5) is 0 Å². The third kappa shape index (κ3) is 2.91. The van der Waals surface area contributed by atoms with Crippen molar-refractivity contribution in [3.05, 3.63) is 24.2 Å². The predicted molar refractivity (Wildman–Crippen MR) is 63.9 cm³/mol. The Kier molecular flexibility index (Phi) is 4.02. The van der Waals surface area contributed by atoms with E-state index in [1.807, 2.05) is 0 Å². The van der Waals surface area contributed by atoms with E-state index in [0.717, 1.165) is 19.3 Å². The number of rotatable bonds is 3. The lowest BCUT2D eigenvalue weighted by Gasteiger charge is -2.27. The zero-order valence-electron chi connectivity index (χ0n) is 10.3. The smallest absolute Gasteiger partial charge is 0.308 e. The average molecular weight is 251 g/mol. The molecule has 1 aromatic heterocycles. The van der Waals surface area contributed by atoms with Crippen LogP contribution in [0.25, 0.3) is 0 Å². The van der Waals surface area contributed by atoms with Gasteiger partial charge in [0.2, 0.25) is 0 Å². The van der Waals surface area contributed by atoms with Crippen LogP contribution in [0.2, 0.25) is 0 Å². The van der Waals surface area contributed by atoms with E-state index in [1.165, 1.54) is 19.6 Å². The zero-order valence-corrected chi connectivity index (χ0v) is 10.3. The van der Waals surface area contributed by atoms with Crippen molar-refractivity contribution >= 4 is 11.9 Å². The predicted octanol–water partition coefficient (Wildman–Crippen LogP) is 1.74. The van der Waals surface area contributed by atoms with Crippen LogP contribution in [0.3, 0.4) is 0 Å². The fraction of sp³-hybridized carbons (Fsp3) is 0.538. The Balaban J connectivity index is 1.90. The van der Waals surface area contributed by atoms with E-state index in [0.29, 0.717) is 12.0 Å². The highest BCUT2D eigenvalue weighted by molar-refractivity contribution is 5.94. The van der Waals surface area contributed by atoms with Crippen molar-refractivity contribution in [3.63, 3.8) is 0 Å². The van der Waals surface area contributed by atoms with Crippen LogP contribution in [0, 0.1) is 5.92 Å². The Morgan fingerprint density at radius 1 is 1.44 bits per heavy atom. The fourth-order valence-electron chi connectivity index (χ4n) is 2.36. The molecule has 1 aromatic rings. The molecule has 1 aliphatic rings. The van der Waals surface area contributed by atoms with E-state index in [4.69, 9.17) is 9.15 Å². The summed E-state index contributed by atoms with van der Waals surface area (Å²) in [6, 6.07) is 1.65. The van der Waals surface area contributed by atoms with Crippen molar-refractivity contribution in [2.24, 2.45) is 5.92 Å². The van der Waals surface area contributed by atoms with Gasteiger partial charge >= 0.3 is 5.97 Å². The normalized spacial score (nSPS) is 23.4. The molecule has 0 aromatic carbocycles. The molecule has 0 unspecified atom stereocenters. The number of hydrogen-bond acceptors (Lipinski definition) is 4. The maximum absolute atomic E-state index is 11.8. The van der Waals surface area contributed by atoms with Gasteiger partial charge in [0.15, 0.2) is 0 Å². The highest BCUT2D eigenvalue weighted by Gasteiger charge is 2.28. The molecule has 1 N–H and O–H groups in total. The zero-order chi connectivity index (χ0) is 13.0. The van der Waals surface area contributed by atoms with Gasteiger partial charge in [-0.15, -0.1) is 0 Å². The highest BCUT2D eigenvalue weighted by atomic mass is 16.5. The molecule has 1 heterocycles. The molecule has 0 bridgehead atoms. The molecule has 0 saturated heterocycles. The minimum atomic E-state index is -0.183. The van der Waals surface area contributed by atoms with Crippen LogP contribution < -0.4 is 5.32 Å². The Morgan fingerprint density at radius 2 is 2.28 bits per heavy atom. The van der Waals surface area contributed by atoms with Gasteiger partial charge in [-0.2, -0.15) is 0 Å². The topological polar surface area (TPSA) is 68.5 Å². The van der Waals surface area contributed by atoms with Crippen molar-refractivity contribution in [3.8, 4) is 0 Å². The number of nitrogens with one attached hydrogen (secondary N) is 1. The van der Waals surface area contributed by atoms with Gasteiger partial charge in [-0.1, -0.05) is 6.42 Å². The number of ether oxygens (including phenoxy) is 1. The van der Waals surface area contributed by atoms with Crippen LogP contribution >= 0.6 is 0 Å². The van der Waals surface area contributed by atoms with Crippen molar-refractivity contribution in [2.75, 3.05) is 7.11 Å². The van der Waals surface area contributed by atoms with Gasteiger partial charge < -0.3 is 14.5 Å². The van der Waals surface area contributed by atoms with E-state index in [2.05, 4.69) is 5.32 Å². The first-order valence-corrected chi connectivity index (χ1v) is 6.11. The monoisotopic (exact) mass is 251 g/mol. The first-order valence-electron chi connectivity index (χ1n) is 6.11. The molecular formula is C13H17NO4. The molecule has 1 amide bonds. The van der Waals surface area contributed by atoms with Gasteiger partial charge in [-0.3, -0.25) is 9.59 Å². The third-order valence-corrected chi connectivity index (χ3v) is 3.33. The minimum Gasteiger partial charge on any atom is -0.472 e. The van der Waals surface area contributed by atoms with E-state index >= 15 is 0 Å². The molecule has 18 heavy (non-hydrogen) atoms. The second-order valence-electron chi connectivity index (χ2n) is 4.57. The summed E-state index contributed by atoms with van der Waals surface area (Å²) in [5.74, 6) is -0.435. The molecule has 0 radical (unpaired) electrons. The molecule has 1 saturated carbocycles. The number of carbonyl (C=O) groups excluding carboxylic acids is 2. The van der Waals surface area contributed by atoms with Crippen LogP contribution in [0.1, 0.15) is 36.0 Å². The van der Waals surface area contributed by atoms with E-state index < -0.39 is 0 Å². The summed E-state index contributed by atoms with van der Waals surface area (Å²) in [4.78, 5) is 23.3. The van der Waals surface area contributed by atoms with Gasteiger partial charge in [0, 0.05) is 6.04 Å². The SMILES string of the molecule is COC(=O)[C@@H]1CCC[C@H](NC(=O)c2ccoc2)C1. The highest BCUT2D eigenvalue weighted by Crippen LogP contribution is 2.25. The summed E-state index contributed by atoms with van der Waals surface area (Å²) in [6.07, 6.45) is 6.19. The summed E-state index contributed by atoms with van der Waals surface area (Å²) in [5, 5.41) is 2.92. The number of hydrogen-bond donors (Lipinski definition) is 1. The van der Waals surface area contributed by atoms with Crippen LogP contribution in [0.5, 0.6) is 0 Å². The second kappa shape index (κ2) is 5.71. The van der Waals surface area contributed by atoms with Crippen molar-refractivity contribution < 1.29 is 18.7 Å². The molecule has 5 nitrogen and oxygen atoms in total. The maximum Gasteiger partial charge on any atom is 0.308 e. The van der Waals surface area contributed by atoms with E-state index in [-0.39, 0.29) is 23.8 Å². The van der Waals surface area contributed by atoms with Crippen molar-refractivity contribution in [1.82, 2.24) is 5.32 Å². The lowest BCUT2D eigenvalue weighted by Crippen LogP contribution is -2.40. The Hall–Kier alpha value is -1.78. The number of esters is 1. The molecule has 5 heteroatoms. The Morgan fingerprint density at radius 3 is 2.94 bits per heavy atom. The number of furan rings is 1. The molecule has 2 rings (SSSR count). The Labute approximate surface area is 105 Å². The molecule has 0 aliphatic heterocycles. The minimum absolute atomic E-state index is 0.0326. The molecule has 98 valence electrons. The van der Waals surface area contributed by atoms with E-state index in [1.54, 1.807) is 6.07 Å². The first kappa shape index (κ1) is 12.7. The molecule has 2 atom stereocenters. The molecule has 1 aliphatic carbocycles. The number of carbonyl (C=O) groups is 2. The van der Waals surface area contributed by atoms with Gasteiger partial charge in [-0.25, -0.2) is 0 Å². The van der Waals surface area contributed by atoms with Crippen LogP contribution in [-0.2, 0) is 9.53 Å². The van der Waals surface area contributed by atoms with Crippen molar-refractivity contribution in [2.45, 2.75) is 31.7 Å².